The van der Waals surface area contributed by atoms with Crippen molar-refractivity contribution in [1.29, 1.82) is 0 Å². The number of aromatic nitrogens is 2. The quantitative estimate of drug-likeness (QED) is 0.926. The van der Waals surface area contributed by atoms with Crippen LogP contribution in [-0.2, 0) is 13.5 Å². The average molecular weight is 268 g/mol. The third kappa shape index (κ3) is 2.08. The van der Waals surface area contributed by atoms with Gasteiger partial charge >= 0.3 is 0 Å². The first-order chi connectivity index (χ1) is 8.56. The summed E-state index contributed by atoms with van der Waals surface area (Å²) in [4.78, 5) is 0. The molecule has 1 heterocycles. The smallest absolute Gasteiger partial charge is 0.134 e. The van der Waals surface area contributed by atoms with E-state index in [2.05, 4.69) is 5.10 Å². The lowest BCUT2D eigenvalue weighted by Crippen LogP contribution is -1.99. The van der Waals surface area contributed by atoms with Gasteiger partial charge in [0.2, 0.25) is 0 Å². The minimum atomic E-state index is -0.377. The van der Waals surface area contributed by atoms with E-state index in [0.717, 1.165) is 18.4 Å². The molecule has 3 nitrogen and oxygen atoms in total. The fourth-order valence-corrected chi connectivity index (χ4v) is 2.25. The van der Waals surface area contributed by atoms with Crippen LogP contribution in [0.4, 0.5) is 10.2 Å². The topological polar surface area (TPSA) is 43.8 Å². The van der Waals surface area contributed by atoms with Gasteiger partial charge in [-0.05, 0) is 18.6 Å². The highest BCUT2D eigenvalue weighted by molar-refractivity contribution is 6.33. The number of nitrogens with two attached hydrogens (primary N) is 1. The molecule has 0 radical (unpaired) electrons. The lowest BCUT2D eigenvalue weighted by atomic mass is 10.0. The number of rotatable bonds is 3. The monoisotopic (exact) mass is 267 g/mol. The molecule has 2 N–H and O–H groups in total. The molecule has 2 aromatic rings. The molecule has 2 rings (SSSR count). The van der Waals surface area contributed by atoms with Gasteiger partial charge in [-0.15, -0.1) is 0 Å². The summed E-state index contributed by atoms with van der Waals surface area (Å²) >= 11 is 6.07. The van der Waals surface area contributed by atoms with Crippen LogP contribution in [0.15, 0.2) is 18.2 Å². The summed E-state index contributed by atoms with van der Waals surface area (Å²) < 4.78 is 15.5. The number of benzene rings is 1. The van der Waals surface area contributed by atoms with Crippen LogP contribution in [0.1, 0.15) is 18.9 Å². The maximum Gasteiger partial charge on any atom is 0.134 e. The largest absolute Gasteiger partial charge is 0.384 e. The standard InChI is InChI=1S/C13H15ClFN3/c1-3-5-8-12(17-18(2)13(8)16)11-9(14)6-4-7-10(11)15/h4,6-7H,3,5,16H2,1-2H3. The summed E-state index contributed by atoms with van der Waals surface area (Å²) in [5.41, 5.74) is 7.69. The van der Waals surface area contributed by atoms with E-state index in [0.29, 0.717) is 22.1 Å². The van der Waals surface area contributed by atoms with Crippen molar-refractivity contribution in [2.75, 3.05) is 5.73 Å². The molecule has 18 heavy (non-hydrogen) atoms. The SMILES string of the molecule is CCCc1c(-c2c(F)cccc2Cl)nn(C)c1N. The van der Waals surface area contributed by atoms with Crippen LogP contribution in [0, 0.1) is 5.82 Å². The van der Waals surface area contributed by atoms with Crippen molar-refractivity contribution in [3.63, 3.8) is 0 Å². The highest BCUT2D eigenvalue weighted by Gasteiger charge is 2.19. The van der Waals surface area contributed by atoms with Crippen LogP contribution >= 0.6 is 11.6 Å². The second kappa shape index (κ2) is 4.98. The molecule has 0 aliphatic rings. The first-order valence-corrected chi connectivity index (χ1v) is 6.19. The van der Waals surface area contributed by atoms with Gasteiger partial charge in [-0.25, -0.2) is 4.39 Å². The highest BCUT2D eigenvalue weighted by atomic mass is 35.5. The third-order valence-corrected chi connectivity index (χ3v) is 3.21. The van der Waals surface area contributed by atoms with E-state index >= 15 is 0 Å². The second-order valence-corrected chi connectivity index (χ2v) is 4.59. The van der Waals surface area contributed by atoms with Gasteiger partial charge in [-0.2, -0.15) is 5.10 Å². The van der Waals surface area contributed by atoms with Gasteiger partial charge in [0.25, 0.3) is 0 Å². The zero-order chi connectivity index (χ0) is 13.3. The van der Waals surface area contributed by atoms with Crippen LogP contribution in [-0.4, -0.2) is 9.78 Å². The summed E-state index contributed by atoms with van der Waals surface area (Å²) in [6.07, 6.45) is 1.66. The van der Waals surface area contributed by atoms with Gasteiger partial charge in [-0.3, -0.25) is 4.68 Å². The molecule has 0 bridgehead atoms. The Hall–Kier alpha value is -1.55. The lowest BCUT2D eigenvalue weighted by molar-refractivity contribution is 0.630. The second-order valence-electron chi connectivity index (χ2n) is 4.18. The van der Waals surface area contributed by atoms with E-state index in [-0.39, 0.29) is 5.82 Å². The normalized spacial score (nSPS) is 10.9. The Morgan fingerprint density at radius 3 is 2.78 bits per heavy atom. The predicted octanol–water partition coefficient (Wildman–Crippen LogP) is 3.41. The maximum absolute atomic E-state index is 13.9. The molecule has 0 aliphatic heterocycles. The van der Waals surface area contributed by atoms with Crippen molar-refractivity contribution in [1.82, 2.24) is 9.78 Å². The minimum Gasteiger partial charge on any atom is -0.384 e. The predicted molar refractivity (Wildman–Crippen MR) is 72.0 cm³/mol. The average Bonchev–Trinajstić information content (AvgIpc) is 2.58. The fraction of sp³-hybridized carbons (Fsp3) is 0.308. The van der Waals surface area contributed by atoms with Crippen molar-refractivity contribution in [2.45, 2.75) is 19.8 Å². The molecule has 0 amide bonds. The van der Waals surface area contributed by atoms with Gasteiger partial charge in [0.1, 0.15) is 17.3 Å². The number of halogens is 2. The fourth-order valence-electron chi connectivity index (χ4n) is 2.00. The molecule has 0 fully saturated rings. The lowest BCUT2D eigenvalue weighted by Gasteiger charge is -2.05. The Morgan fingerprint density at radius 2 is 2.17 bits per heavy atom. The van der Waals surface area contributed by atoms with Crippen molar-refractivity contribution in [2.24, 2.45) is 7.05 Å². The molecule has 96 valence electrons. The van der Waals surface area contributed by atoms with E-state index < -0.39 is 0 Å². The van der Waals surface area contributed by atoms with Gasteiger partial charge in [0.05, 0.1) is 10.6 Å². The minimum absolute atomic E-state index is 0.329. The third-order valence-electron chi connectivity index (χ3n) is 2.89. The van der Waals surface area contributed by atoms with E-state index in [1.807, 2.05) is 6.92 Å². The molecule has 1 aromatic carbocycles. The molecular formula is C13H15ClFN3. The molecule has 0 saturated heterocycles. The van der Waals surface area contributed by atoms with Crippen LogP contribution in [0.2, 0.25) is 5.02 Å². The number of nitrogen functional groups attached to an aromatic ring is 1. The van der Waals surface area contributed by atoms with Gasteiger partial charge in [-0.1, -0.05) is 31.0 Å². The molecule has 5 heteroatoms. The van der Waals surface area contributed by atoms with E-state index in [9.17, 15) is 4.39 Å². The van der Waals surface area contributed by atoms with E-state index in [1.165, 1.54) is 6.07 Å². The Bertz CT molecular complexity index is 558. The number of hydrogen-bond acceptors (Lipinski definition) is 2. The summed E-state index contributed by atoms with van der Waals surface area (Å²) in [6.45, 7) is 2.04. The Kier molecular flexibility index (Phi) is 3.57. The highest BCUT2D eigenvalue weighted by Crippen LogP contribution is 2.34. The zero-order valence-electron chi connectivity index (χ0n) is 10.4. The van der Waals surface area contributed by atoms with Gasteiger partial charge in [0.15, 0.2) is 0 Å². The van der Waals surface area contributed by atoms with Crippen LogP contribution in [0.5, 0.6) is 0 Å². The van der Waals surface area contributed by atoms with Crippen molar-refractivity contribution >= 4 is 17.4 Å². The molecule has 0 aliphatic carbocycles. The molecular weight excluding hydrogens is 253 g/mol. The Labute approximate surface area is 110 Å². The molecule has 0 spiro atoms. The van der Waals surface area contributed by atoms with Crippen LogP contribution in [0.25, 0.3) is 11.3 Å². The summed E-state index contributed by atoms with van der Waals surface area (Å²) in [5, 5.41) is 4.64. The van der Waals surface area contributed by atoms with Crippen LogP contribution < -0.4 is 5.73 Å². The Balaban J connectivity index is 2.67. The van der Waals surface area contributed by atoms with E-state index in [1.54, 1.807) is 23.9 Å². The maximum atomic E-state index is 13.9. The molecule has 0 unspecified atom stereocenters. The number of aryl methyl sites for hydroxylation is 1. The summed E-state index contributed by atoms with van der Waals surface area (Å²) in [5.74, 6) is 0.184. The molecule has 1 aromatic heterocycles. The number of hydrogen-bond donors (Lipinski definition) is 1. The molecule has 0 saturated carbocycles. The van der Waals surface area contributed by atoms with Gasteiger partial charge < -0.3 is 5.73 Å². The first kappa shape index (κ1) is 12.9. The number of anilines is 1. The summed E-state index contributed by atoms with van der Waals surface area (Å²) in [6, 6.07) is 4.61. The van der Waals surface area contributed by atoms with Crippen molar-refractivity contribution in [3.05, 3.63) is 34.6 Å². The van der Waals surface area contributed by atoms with Crippen LogP contribution in [0.3, 0.4) is 0 Å². The molecule has 0 atom stereocenters. The first-order valence-electron chi connectivity index (χ1n) is 5.82. The van der Waals surface area contributed by atoms with Crippen molar-refractivity contribution < 1.29 is 4.39 Å². The van der Waals surface area contributed by atoms with Crippen molar-refractivity contribution in [3.8, 4) is 11.3 Å². The van der Waals surface area contributed by atoms with E-state index in [4.69, 9.17) is 17.3 Å². The van der Waals surface area contributed by atoms with Gasteiger partial charge in [0, 0.05) is 12.6 Å². The zero-order valence-corrected chi connectivity index (χ0v) is 11.1. The number of nitrogens with zero attached hydrogens (tertiary/aromatic N) is 2. The summed E-state index contributed by atoms with van der Waals surface area (Å²) in [7, 11) is 1.74. The Morgan fingerprint density at radius 1 is 1.44 bits per heavy atom.